The molecule has 4 aromatic rings. The number of carbonyl (C=O) groups excluding carboxylic acids is 3. The van der Waals surface area contributed by atoms with Crippen LogP contribution in [0.1, 0.15) is 103 Å². The van der Waals surface area contributed by atoms with Gasteiger partial charge in [0.15, 0.2) is 0 Å². The fourth-order valence-electron chi connectivity index (χ4n) is 10.1. The molecule has 1 saturated carbocycles. The highest BCUT2D eigenvalue weighted by molar-refractivity contribution is 6.06. The number of alkyl halides is 1. The van der Waals surface area contributed by atoms with Crippen molar-refractivity contribution in [3.05, 3.63) is 106 Å². The molecule has 2 unspecified atom stereocenters. The van der Waals surface area contributed by atoms with Crippen molar-refractivity contribution in [1.82, 2.24) is 29.6 Å². The number of hydrogen-bond donors (Lipinski definition) is 5. The number of ether oxygens (including phenoxy) is 1. The smallest absolute Gasteiger partial charge is 0.328 e. The van der Waals surface area contributed by atoms with Crippen LogP contribution in [0.4, 0.5) is 19.3 Å². The summed E-state index contributed by atoms with van der Waals surface area (Å²) < 4.78 is 41.1. The topological polar surface area (TPSA) is 202 Å². The minimum Gasteiger partial charge on any atom is -0.507 e. The number of nitrogens with one attached hydrogen (secondary N) is 1. The molecule has 4 amide bonds. The highest BCUT2D eigenvalue weighted by Crippen LogP contribution is 2.46. The van der Waals surface area contributed by atoms with E-state index in [9.17, 15) is 19.5 Å². The van der Waals surface area contributed by atoms with Crippen molar-refractivity contribution in [1.29, 1.82) is 0 Å². The van der Waals surface area contributed by atoms with Crippen LogP contribution in [0.2, 0.25) is 0 Å². The van der Waals surface area contributed by atoms with E-state index in [2.05, 4.69) is 21.0 Å². The van der Waals surface area contributed by atoms with E-state index in [0.29, 0.717) is 47.1 Å². The molecular weight excluding hydrogens is 835 g/mol. The van der Waals surface area contributed by atoms with Crippen LogP contribution >= 0.6 is 0 Å². The molecule has 8 N–H and O–H groups in total. The molecule has 5 fully saturated rings. The summed E-state index contributed by atoms with van der Waals surface area (Å²) in [5.41, 5.74) is 22.3. The lowest BCUT2D eigenvalue weighted by atomic mass is 9.91. The Morgan fingerprint density at radius 1 is 0.969 bits per heavy atom. The lowest BCUT2D eigenvalue weighted by Gasteiger charge is -2.41. The molecule has 0 radical (unpaired) electrons. The van der Waals surface area contributed by atoms with Gasteiger partial charge in [0, 0.05) is 101 Å². The van der Waals surface area contributed by atoms with E-state index in [4.69, 9.17) is 26.9 Å². The van der Waals surface area contributed by atoms with Crippen LogP contribution in [0.25, 0.3) is 16.7 Å². The Bertz CT molecular complexity index is 2570. The Hall–Kier alpha value is -6.20. The third kappa shape index (κ3) is 9.08. The number of anilines is 1. The molecule has 15 nitrogen and oxygen atoms in total. The van der Waals surface area contributed by atoms with Crippen LogP contribution < -0.4 is 27.4 Å². The normalized spacial score (nSPS) is 22.3. The number of benzene rings is 2. The van der Waals surface area contributed by atoms with Gasteiger partial charge in [-0.15, -0.1) is 0 Å². The number of phenolic OH excluding ortho intramolecular Hbond substituents is 1. The van der Waals surface area contributed by atoms with E-state index in [1.807, 2.05) is 24.8 Å². The molecule has 344 valence electrons. The maximum Gasteiger partial charge on any atom is 0.328 e. The fourth-order valence-corrected chi connectivity index (χ4v) is 10.1. The summed E-state index contributed by atoms with van der Waals surface area (Å²) >= 11 is 0. The zero-order chi connectivity index (χ0) is 45.7. The molecular formula is C48H58F2N10O5. The van der Waals surface area contributed by atoms with E-state index in [-0.39, 0.29) is 86.3 Å². The number of carbonyl (C=O) groups is 3. The Balaban J connectivity index is 0.809. The van der Waals surface area contributed by atoms with E-state index < -0.39 is 29.5 Å². The van der Waals surface area contributed by atoms with E-state index >= 15 is 8.78 Å². The number of para-hydroxylation sites is 1. The van der Waals surface area contributed by atoms with Crippen molar-refractivity contribution in [3.8, 4) is 5.75 Å². The van der Waals surface area contributed by atoms with Crippen LogP contribution in [0, 0.1) is 12.7 Å². The van der Waals surface area contributed by atoms with Crippen molar-refractivity contribution in [2.24, 2.45) is 17.2 Å². The van der Waals surface area contributed by atoms with Gasteiger partial charge >= 0.3 is 6.03 Å². The molecule has 9 rings (SSSR count). The van der Waals surface area contributed by atoms with Gasteiger partial charge in [0.1, 0.15) is 34.8 Å². The molecule has 2 aromatic heterocycles. The number of amides is 4. The third-order valence-electron chi connectivity index (χ3n) is 13.8. The number of nitrogens with two attached hydrogens (primary N) is 3. The van der Waals surface area contributed by atoms with Crippen LogP contribution in [-0.2, 0) is 9.53 Å². The van der Waals surface area contributed by atoms with Crippen LogP contribution in [-0.4, -0.2) is 111 Å². The molecule has 1 aliphatic carbocycles. The Labute approximate surface area is 376 Å². The third-order valence-corrected chi connectivity index (χ3v) is 13.8. The van der Waals surface area contributed by atoms with Crippen molar-refractivity contribution in [2.75, 3.05) is 57.3 Å². The van der Waals surface area contributed by atoms with Gasteiger partial charge in [-0.3, -0.25) is 19.8 Å². The number of hydrogen-bond acceptors (Lipinski definition) is 11. The van der Waals surface area contributed by atoms with Crippen molar-refractivity contribution in [2.45, 2.75) is 88.6 Å². The average molecular weight is 893 g/mol. The largest absolute Gasteiger partial charge is 0.507 e. The number of halogens is 2. The second-order valence-corrected chi connectivity index (χ2v) is 18.5. The second kappa shape index (κ2) is 17.6. The summed E-state index contributed by atoms with van der Waals surface area (Å²) in [6, 6.07) is 11.4. The second-order valence-electron chi connectivity index (χ2n) is 18.5. The Kier molecular flexibility index (Phi) is 12.0. The zero-order valence-electron chi connectivity index (χ0n) is 36.9. The number of rotatable bonds is 10. The lowest BCUT2D eigenvalue weighted by molar-refractivity contribution is -0.120. The minimum absolute atomic E-state index is 0.0137. The number of phenols is 1. The number of allylic oxidation sites excluding steroid dienone is 1. The summed E-state index contributed by atoms with van der Waals surface area (Å²) in [6.45, 7) is 6.78. The van der Waals surface area contributed by atoms with Gasteiger partial charge in [-0.1, -0.05) is 12.1 Å². The number of imide groups is 1. The quantitative estimate of drug-likeness (QED) is 0.123. The molecule has 4 saturated heterocycles. The predicted molar refractivity (Wildman–Crippen MR) is 243 cm³/mol. The highest BCUT2D eigenvalue weighted by Gasteiger charge is 2.40. The number of likely N-dealkylation sites (tertiary alicyclic amines) is 2. The number of morpholine rings is 1. The maximum atomic E-state index is 16.5. The van der Waals surface area contributed by atoms with Gasteiger partial charge in [0.25, 0.3) is 5.91 Å². The molecule has 0 spiro atoms. The number of aromatic nitrogens is 2. The fraction of sp³-hybridized carbons (Fsp3) is 0.458. The van der Waals surface area contributed by atoms with Crippen molar-refractivity contribution in [3.63, 3.8) is 0 Å². The van der Waals surface area contributed by atoms with Crippen molar-refractivity contribution < 1.29 is 33.0 Å². The minimum atomic E-state index is -1.48. The van der Waals surface area contributed by atoms with E-state index in [1.165, 1.54) is 17.7 Å². The first kappa shape index (κ1) is 44.0. The molecule has 17 heteroatoms. The van der Waals surface area contributed by atoms with Gasteiger partial charge in [-0.05, 0) is 98.5 Å². The van der Waals surface area contributed by atoms with Gasteiger partial charge in [-0.2, -0.15) is 0 Å². The zero-order valence-corrected chi connectivity index (χ0v) is 36.9. The number of pyridine rings is 1. The molecule has 6 heterocycles. The van der Waals surface area contributed by atoms with Crippen LogP contribution in [0.15, 0.2) is 72.5 Å². The molecule has 4 aliphatic heterocycles. The number of nitrogens with zero attached hydrogens (tertiary/aromatic N) is 6. The predicted octanol–water partition coefficient (Wildman–Crippen LogP) is 5.64. The monoisotopic (exact) mass is 892 g/mol. The van der Waals surface area contributed by atoms with Gasteiger partial charge in [0.2, 0.25) is 5.91 Å². The molecule has 2 atom stereocenters. The maximum absolute atomic E-state index is 16.5. The summed E-state index contributed by atoms with van der Waals surface area (Å²) in [5.74, 6) is -0.919. The summed E-state index contributed by atoms with van der Waals surface area (Å²) in [4.78, 5) is 50.2. The summed E-state index contributed by atoms with van der Waals surface area (Å²) in [5, 5.41) is 13.8. The highest BCUT2D eigenvalue weighted by atomic mass is 19.1. The number of aryl methyl sites for hydroxylation is 1. The number of aromatic hydroxyl groups is 1. The SMILES string of the molecule is Cc1cc(C(=O)N2CCC(F)(CN3CCC(n4cc(C5CC5)c5cc(N6CCC(=O)NC6=O)cnc54)CC3)CC2)c(F)cc1C1CN(C(/C=C(\N)c2ccccc2O)=C(N)N)CC(C)O1. The molecule has 5 aliphatic rings. The van der Waals surface area contributed by atoms with Crippen molar-refractivity contribution >= 4 is 40.3 Å². The van der Waals surface area contributed by atoms with Gasteiger partial charge in [0.05, 0.1) is 29.2 Å². The number of fused-ring (bicyclic) bond motifs is 1. The van der Waals surface area contributed by atoms with E-state index in [1.54, 1.807) is 46.3 Å². The van der Waals surface area contributed by atoms with Crippen LogP contribution in [0.3, 0.4) is 0 Å². The first-order valence-corrected chi connectivity index (χ1v) is 22.7. The molecule has 2 aromatic carbocycles. The standard InChI is InChI=1S/C48H58F2N10O5/c1-28-19-36(38(49)21-34(28)42-26-58(24-29(2)65-42)40(44(52)53)22-39(51)33-5-3-4-6-41(33)61)46(63)57-17-12-48(50,13-18-57)27-56-14-9-31(10-15-56)60-25-37(30-7-8-30)35-20-32(23-54-45(35)60)59-16-11-43(62)55-47(59)64/h3-6,19-23,25,29-31,42,61H,7-18,24,26-27,51-53H2,1-2H3,(H,55,62,64)/b39-22-. The average Bonchev–Trinajstić information content (AvgIpc) is 4.06. The summed E-state index contributed by atoms with van der Waals surface area (Å²) in [6.07, 6.45) is 9.11. The van der Waals surface area contributed by atoms with Gasteiger partial charge < -0.3 is 46.3 Å². The summed E-state index contributed by atoms with van der Waals surface area (Å²) in [7, 11) is 0. The number of urea groups is 1. The molecule has 0 bridgehead atoms. The Morgan fingerprint density at radius 2 is 1.71 bits per heavy atom. The molecule has 65 heavy (non-hydrogen) atoms. The lowest BCUT2D eigenvalue weighted by Crippen LogP contribution is -2.51. The number of piperidine rings is 2. The van der Waals surface area contributed by atoms with Crippen LogP contribution in [0.5, 0.6) is 5.75 Å². The van der Waals surface area contributed by atoms with Gasteiger partial charge in [-0.25, -0.2) is 18.6 Å². The Morgan fingerprint density at radius 3 is 2.40 bits per heavy atom. The first-order valence-electron chi connectivity index (χ1n) is 22.7. The first-order chi connectivity index (χ1) is 31.1. The van der Waals surface area contributed by atoms with E-state index in [0.717, 1.165) is 49.8 Å².